The molecule has 148 valence electrons. The van der Waals surface area contributed by atoms with Gasteiger partial charge >= 0.3 is 0 Å². The number of para-hydroxylation sites is 2. The first-order valence-corrected chi connectivity index (χ1v) is 10.4. The molecular weight excluding hydrogens is 392 g/mol. The Bertz CT molecular complexity index is 1260. The zero-order chi connectivity index (χ0) is 20.9. The Balaban J connectivity index is 1.48. The fraction of sp³-hybridized carbons (Fsp3) is 0.125. The van der Waals surface area contributed by atoms with Crippen molar-refractivity contribution in [3.63, 3.8) is 0 Å². The lowest BCUT2D eigenvalue weighted by Crippen LogP contribution is -2.27. The summed E-state index contributed by atoms with van der Waals surface area (Å²) in [5.41, 5.74) is 3.22. The van der Waals surface area contributed by atoms with Gasteiger partial charge in [-0.25, -0.2) is 4.98 Å². The van der Waals surface area contributed by atoms with Crippen molar-refractivity contribution in [2.75, 3.05) is 6.54 Å². The van der Waals surface area contributed by atoms with Crippen LogP contribution in [0.25, 0.3) is 11.0 Å². The number of hydrogen-bond acceptors (Lipinski definition) is 4. The third-order valence-electron chi connectivity index (χ3n) is 4.83. The summed E-state index contributed by atoms with van der Waals surface area (Å²) in [5.74, 6) is 0.795. The molecule has 1 aromatic heterocycles. The van der Waals surface area contributed by atoms with Gasteiger partial charge in [0.25, 0.3) is 5.91 Å². The molecule has 0 unspecified atom stereocenters. The number of nitriles is 1. The Morgan fingerprint density at radius 1 is 1.03 bits per heavy atom. The largest absolute Gasteiger partial charge is 0.350 e. The molecule has 0 fully saturated rings. The Morgan fingerprint density at radius 3 is 2.57 bits per heavy atom. The highest BCUT2D eigenvalue weighted by molar-refractivity contribution is 7.99. The third-order valence-corrected chi connectivity index (χ3v) is 5.98. The van der Waals surface area contributed by atoms with Crippen molar-refractivity contribution in [2.45, 2.75) is 23.3 Å². The zero-order valence-corrected chi connectivity index (χ0v) is 17.3. The summed E-state index contributed by atoms with van der Waals surface area (Å²) in [5, 5.41) is 12.3. The minimum atomic E-state index is -0.130. The summed E-state index contributed by atoms with van der Waals surface area (Å²) in [7, 11) is 0. The van der Waals surface area contributed by atoms with Crippen molar-refractivity contribution < 1.29 is 4.79 Å². The predicted molar refractivity (Wildman–Crippen MR) is 119 cm³/mol. The van der Waals surface area contributed by atoms with E-state index in [0.717, 1.165) is 26.6 Å². The highest BCUT2D eigenvalue weighted by Crippen LogP contribution is 2.32. The van der Waals surface area contributed by atoms with E-state index in [9.17, 15) is 10.1 Å². The lowest BCUT2D eigenvalue weighted by molar-refractivity contribution is 0.0949. The molecule has 1 N–H and O–H groups in total. The fourth-order valence-electron chi connectivity index (χ4n) is 3.36. The van der Waals surface area contributed by atoms with Crippen molar-refractivity contribution in [1.29, 1.82) is 5.26 Å². The highest BCUT2D eigenvalue weighted by Gasteiger charge is 2.14. The van der Waals surface area contributed by atoms with E-state index in [1.165, 1.54) is 11.8 Å². The molecule has 0 radical (unpaired) electrons. The number of fused-ring (bicyclic) bond motifs is 1. The second kappa shape index (κ2) is 8.85. The van der Waals surface area contributed by atoms with E-state index >= 15 is 0 Å². The molecule has 0 aliphatic heterocycles. The van der Waals surface area contributed by atoms with Crippen LogP contribution in [-0.2, 0) is 6.54 Å². The Morgan fingerprint density at radius 2 is 1.73 bits per heavy atom. The Hall–Kier alpha value is -3.56. The first-order valence-electron chi connectivity index (χ1n) is 9.63. The summed E-state index contributed by atoms with van der Waals surface area (Å²) in [4.78, 5) is 19.1. The van der Waals surface area contributed by atoms with E-state index in [1.807, 2.05) is 73.7 Å². The van der Waals surface area contributed by atoms with Crippen molar-refractivity contribution in [3.8, 4) is 6.07 Å². The van der Waals surface area contributed by atoms with Crippen molar-refractivity contribution in [2.24, 2.45) is 0 Å². The van der Waals surface area contributed by atoms with E-state index in [2.05, 4.69) is 20.9 Å². The van der Waals surface area contributed by atoms with Gasteiger partial charge in [-0.3, -0.25) is 4.79 Å². The second-order valence-electron chi connectivity index (χ2n) is 6.76. The number of nitrogens with one attached hydrogen (secondary N) is 1. The maximum atomic E-state index is 12.9. The maximum Gasteiger partial charge on any atom is 0.252 e. The number of imidazole rings is 1. The predicted octanol–water partition coefficient (Wildman–Crippen LogP) is 4.80. The zero-order valence-electron chi connectivity index (χ0n) is 16.5. The first kappa shape index (κ1) is 19.7. The molecular formula is C24H20N4OS. The summed E-state index contributed by atoms with van der Waals surface area (Å²) < 4.78 is 2.11. The number of aromatic nitrogens is 2. The smallest absolute Gasteiger partial charge is 0.252 e. The SMILES string of the molecule is Cc1nc2ccccc2n1CCNC(=O)c1ccccc1Sc1ccccc1C#N. The maximum absolute atomic E-state index is 12.9. The Labute approximate surface area is 179 Å². The molecule has 30 heavy (non-hydrogen) atoms. The molecule has 4 rings (SSSR count). The molecule has 0 saturated heterocycles. The first-order chi connectivity index (χ1) is 14.7. The van der Waals surface area contributed by atoms with E-state index in [1.54, 1.807) is 6.07 Å². The van der Waals surface area contributed by atoms with Crippen molar-refractivity contribution in [3.05, 3.63) is 89.7 Å². The van der Waals surface area contributed by atoms with Crippen molar-refractivity contribution >= 4 is 28.7 Å². The number of rotatable bonds is 6. The van der Waals surface area contributed by atoms with Crippen LogP contribution >= 0.6 is 11.8 Å². The summed E-state index contributed by atoms with van der Waals surface area (Å²) in [6, 6.07) is 25.1. The van der Waals surface area contributed by atoms with Gasteiger partial charge in [0.1, 0.15) is 11.9 Å². The van der Waals surface area contributed by atoms with E-state index in [0.29, 0.717) is 24.2 Å². The van der Waals surface area contributed by atoms with Crippen molar-refractivity contribution in [1.82, 2.24) is 14.9 Å². The van der Waals surface area contributed by atoms with Gasteiger partial charge in [-0.2, -0.15) is 5.26 Å². The average Bonchev–Trinajstić information content (AvgIpc) is 3.09. The van der Waals surface area contributed by atoms with Crippen LogP contribution in [0, 0.1) is 18.3 Å². The molecule has 0 bridgehead atoms. The van der Waals surface area contributed by atoms with E-state index in [4.69, 9.17) is 0 Å². The summed E-state index contributed by atoms with van der Waals surface area (Å²) >= 11 is 1.43. The molecule has 1 heterocycles. The standard InChI is InChI=1S/C24H20N4OS/c1-17-27-20-10-4-5-11-21(20)28(17)15-14-26-24(29)19-9-3-7-13-23(19)30-22-12-6-2-8-18(22)16-25/h2-13H,14-15H2,1H3,(H,26,29). The van der Waals surface area contributed by atoms with Crippen LogP contribution in [0.5, 0.6) is 0 Å². The van der Waals surface area contributed by atoms with Crippen LogP contribution in [-0.4, -0.2) is 22.0 Å². The van der Waals surface area contributed by atoms with Crippen LogP contribution < -0.4 is 5.32 Å². The van der Waals surface area contributed by atoms with E-state index < -0.39 is 0 Å². The molecule has 5 nitrogen and oxygen atoms in total. The minimum Gasteiger partial charge on any atom is -0.350 e. The van der Waals surface area contributed by atoms with Crippen LogP contribution in [0.1, 0.15) is 21.7 Å². The molecule has 1 amide bonds. The van der Waals surface area contributed by atoms with Gasteiger partial charge in [0.2, 0.25) is 0 Å². The van der Waals surface area contributed by atoms with Gasteiger partial charge < -0.3 is 9.88 Å². The number of carbonyl (C=O) groups excluding carboxylic acids is 1. The van der Waals surface area contributed by atoms with Gasteiger partial charge in [-0.05, 0) is 43.3 Å². The molecule has 0 aliphatic carbocycles. The summed E-state index contributed by atoms with van der Waals surface area (Å²) in [6.45, 7) is 3.11. The Kier molecular flexibility index (Phi) is 5.82. The quantitative estimate of drug-likeness (QED) is 0.494. The number of aryl methyl sites for hydroxylation is 1. The highest BCUT2D eigenvalue weighted by atomic mass is 32.2. The average molecular weight is 413 g/mol. The monoisotopic (exact) mass is 412 g/mol. The number of benzene rings is 3. The lowest BCUT2D eigenvalue weighted by Gasteiger charge is -2.12. The molecule has 0 atom stereocenters. The van der Waals surface area contributed by atoms with Gasteiger partial charge in [0, 0.05) is 22.9 Å². The lowest BCUT2D eigenvalue weighted by atomic mass is 10.2. The van der Waals surface area contributed by atoms with Crippen LogP contribution in [0.15, 0.2) is 82.6 Å². The van der Waals surface area contributed by atoms with E-state index in [-0.39, 0.29) is 5.91 Å². The summed E-state index contributed by atoms with van der Waals surface area (Å²) in [6.07, 6.45) is 0. The molecule has 0 aliphatic rings. The van der Waals surface area contributed by atoms with Gasteiger partial charge in [-0.15, -0.1) is 0 Å². The number of amides is 1. The topological polar surface area (TPSA) is 70.7 Å². The third kappa shape index (κ3) is 4.07. The number of hydrogen-bond donors (Lipinski definition) is 1. The molecule has 4 aromatic rings. The number of nitrogens with zero attached hydrogens (tertiary/aromatic N) is 3. The van der Waals surface area contributed by atoms with Gasteiger partial charge in [0.15, 0.2) is 0 Å². The molecule has 3 aromatic carbocycles. The van der Waals surface area contributed by atoms with Gasteiger partial charge in [0.05, 0.1) is 22.2 Å². The minimum absolute atomic E-state index is 0.130. The molecule has 6 heteroatoms. The van der Waals surface area contributed by atoms with Crippen LogP contribution in [0.3, 0.4) is 0 Å². The van der Waals surface area contributed by atoms with Crippen LogP contribution in [0.2, 0.25) is 0 Å². The van der Waals surface area contributed by atoms with Crippen LogP contribution in [0.4, 0.5) is 0 Å². The molecule has 0 spiro atoms. The number of carbonyl (C=O) groups is 1. The normalized spacial score (nSPS) is 10.7. The molecule has 0 saturated carbocycles. The fourth-order valence-corrected chi connectivity index (χ4v) is 4.39. The second-order valence-corrected chi connectivity index (χ2v) is 7.85. The van der Waals surface area contributed by atoms with Gasteiger partial charge in [-0.1, -0.05) is 48.2 Å².